The lowest BCUT2D eigenvalue weighted by molar-refractivity contribution is -0.133. The third kappa shape index (κ3) is 3.00. The second-order valence-electron chi connectivity index (χ2n) is 6.72. The summed E-state index contributed by atoms with van der Waals surface area (Å²) in [6.45, 7) is 5.34. The van der Waals surface area contributed by atoms with Gasteiger partial charge in [-0.05, 0) is 30.9 Å². The molecule has 6 heteroatoms. The van der Waals surface area contributed by atoms with Crippen LogP contribution in [0.2, 0.25) is 0 Å². The van der Waals surface area contributed by atoms with E-state index in [2.05, 4.69) is 18.8 Å². The number of carbonyl (C=O) groups excluding carboxylic acids is 1. The second-order valence-corrected chi connectivity index (χ2v) is 6.72. The lowest BCUT2D eigenvalue weighted by atomic mass is 10.0. The number of carbonyl (C=O) groups is 1. The van der Waals surface area contributed by atoms with Crippen molar-refractivity contribution in [3.8, 4) is 0 Å². The minimum absolute atomic E-state index is 0.0772. The predicted molar refractivity (Wildman–Crippen MR) is 93.0 cm³/mol. The van der Waals surface area contributed by atoms with E-state index in [4.69, 9.17) is 0 Å². The van der Waals surface area contributed by atoms with Gasteiger partial charge < -0.3 is 4.90 Å². The molecule has 24 heavy (non-hydrogen) atoms. The molecule has 0 bridgehead atoms. The van der Waals surface area contributed by atoms with Crippen molar-refractivity contribution >= 4 is 16.8 Å². The molecule has 1 N–H and O–H groups in total. The van der Waals surface area contributed by atoms with Gasteiger partial charge in [-0.15, -0.1) is 0 Å². The summed E-state index contributed by atoms with van der Waals surface area (Å²) in [5.41, 5.74) is -0.285. The topological polar surface area (TPSA) is 75.2 Å². The average molecular weight is 329 g/mol. The van der Waals surface area contributed by atoms with Gasteiger partial charge >= 0.3 is 5.69 Å². The van der Waals surface area contributed by atoms with Gasteiger partial charge in [-0.1, -0.05) is 26.0 Å². The number of para-hydroxylation sites is 1. The molecular formula is C18H23N3O3. The number of hydrogen-bond donors (Lipinski definition) is 1. The molecule has 0 aliphatic carbocycles. The third-order valence-corrected chi connectivity index (χ3v) is 4.84. The number of H-pyrrole nitrogens is 1. The van der Waals surface area contributed by atoms with Crippen LogP contribution in [0.5, 0.6) is 0 Å². The Kier molecular flexibility index (Phi) is 4.55. The van der Waals surface area contributed by atoms with Crippen molar-refractivity contribution in [2.24, 2.45) is 5.92 Å². The van der Waals surface area contributed by atoms with Crippen molar-refractivity contribution in [1.29, 1.82) is 0 Å². The number of nitrogens with zero attached hydrogens (tertiary/aromatic N) is 2. The molecule has 1 aliphatic rings. The Balaban J connectivity index is 1.83. The van der Waals surface area contributed by atoms with Gasteiger partial charge in [-0.3, -0.25) is 19.1 Å². The molecule has 0 saturated carbocycles. The van der Waals surface area contributed by atoms with Gasteiger partial charge in [0.1, 0.15) is 0 Å². The van der Waals surface area contributed by atoms with Crippen LogP contribution in [-0.2, 0) is 11.3 Å². The number of amides is 1. The van der Waals surface area contributed by atoms with Crippen molar-refractivity contribution in [2.75, 3.05) is 6.54 Å². The Morgan fingerprint density at radius 3 is 2.79 bits per heavy atom. The molecule has 1 aromatic carbocycles. The van der Waals surface area contributed by atoms with Crippen LogP contribution in [0.25, 0.3) is 10.9 Å². The van der Waals surface area contributed by atoms with Gasteiger partial charge in [0.05, 0.1) is 10.9 Å². The largest absolute Gasteiger partial charge is 0.339 e. The molecule has 0 unspecified atom stereocenters. The van der Waals surface area contributed by atoms with Crippen LogP contribution in [-0.4, -0.2) is 32.9 Å². The Labute approximate surface area is 140 Å². The Morgan fingerprint density at radius 2 is 2.04 bits per heavy atom. The van der Waals surface area contributed by atoms with Gasteiger partial charge in [0.2, 0.25) is 5.91 Å². The smallest absolute Gasteiger partial charge is 0.328 e. The number of aromatic nitrogens is 2. The van der Waals surface area contributed by atoms with Gasteiger partial charge in [-0.25, -0.2) is 4.79 Å². The van der Waals surface area contributed by atoms with Crippen LogP contribution >= 0.6 is 0 Å². The van der Waals surface area contributed by atoms with E-state index in [-0.39, 0.29) is 18.9 Å². The lowest BCUT2D eigenvalue weighted by Gasteiger charge is -2.28. The van der Waals surface area contributed by atoms with E-state index in [1.807, 2.05) is 4.90 Å². The zero-order valence-corrected chi connectivity index (χ0v) is 14.1. The van der Waals surface area contributed by atoms with Crippen LogP contribution in [0, 0.1) is 5.92 Å². The normalized spacial score (nSPS) is 17.8. The number of fused-ring (bicyclic) bond motifs is 1. The first-order valence-electron chi connectivity index (χ1n) is 8.50. The third-order valence-electron chi connectivity index (χ3n) is 4.84. The summed E-state index contributed by atoms with van der Waals surface area (Å²) in [6, 6.07) is 7.26. The van der Waals surface area contributed by atoms with E-state index >= 15 is 0 Å². The fourth-order valence-electron chi connectivity index (χ4n) is 3.61. The predicted octanol–water partition coefficient (Wildman–Crippen LogP) is 1.73. The maximum absolute atomic E-state index is 12.6. The summed E-state index contributed by atoms with van der Waals surface area (Å²) in [5.74, 6) is 0.515. The number of hydrogen-bond acceptors (Lipinski definition) is 3. The second kappa shape index (κ2) is 6.63. The first-order valence-corrected chi connectivity index (χ1v) is 8.50. The molecule has 0 spiro atoms. The van der Waals surface area contributed by atoms with E-state index in [1.54, 1.807) is 24.3 Å². The van der Waals surface area contributed by atoms with Gasteiger partial charge in [0.25, 0.3) is 5.56 Å². The monoisotopic (exact) mass is 329 g/mol. The summed E-state index contributed by atoms with van der Waals surface area (Å²) >= 11 is 0. The van der Waals surface area contributed by atoms with Crippen molar-refractivity contribution in [3.05, 3.63) is 45.1 Å². The molecule has 1 aromatic heterocycles. The summed E-state index contributed by atoms with van der Waals surface area (Å²) in [7, 11) is 0. The molecular weight excluding hydrogens is 306 g/mol. The molecule has 2 heterocycles. The maximum atomic E-state index is 12.6. The van der Waals surface area contributed by atoms with E-state index in [1.165, 1.54) is 4.57 Å². The maximum Gasteiger partial charge on any atom is 0.328 e. The SMILES string of the molecule is CC(C)[C@H]1CCCN1C(=O)CCn1c(=O)[nH]c(=O)c2ccccc21. The molecule has 1 atom stereocenters. The van der Waals surface area contributed by atoms with Crippen molar-refractivity contribution in [1.82, 2.24) is 14.5 Å². The van der Waals surface area contributed by atoms with Crippen molar-refractivity contribution in [3.63, 3.8) is 0 Å². The fraction of sp³-hybridized carbons (Fsp3) is 0.500. The molecule has 1 saturated heterocycles. The molecule has 1 aliphatic heterocycles. The van der Waals surface area contributed by atoms with E-state index in [0.717, 1.165) is 19.4 Å². The van der Waals surface area contributed by atoms with Crippen LogP contribution in [0.15, 0.2) is 33.9 Å². The number of rotatable bonds is 4. The number of nitrogens with one attached hydrogen (secondary N) is 1. The quantitative estimate of drug-likeness (QED) is 0.928. The summed E-state index contributed by atoms with van der Waals surface area (Å²) in [6.07, 6.45) is 2.35. The summed E-state index contributed by atoms with van der Waals surface area (Å²) in [4.78, 5) is 40.9. The highest BCUT2D eigenvalue weighted by molar-refractivity contribution is 5.79. The highest BCUT2D eigenvalue weighted by atomic mass is 16.2. The lowest BCUT2D eigenvalue weighted by Crippen LogP contribution is -2.39. The van der Waals surface area contributed by atoms with Crippen LogP contribution in [0.4, 0.5) is 0 Å². The molecule has 1 amide bonds. The van der Waals surface area contributed by atoms with E-state index < -0.39 is 11.2 Å². The van der Waals surface area contributed by atoms with Crippen LogP contribution in [0.3, 0.4) is 0 Å². The van der Waals surface area contributed by atoms with E-state index in [9.17, 15) is 14.4 Å². The highest BCUT2D eigenvalue weighted by Gasteiger charge is 2.30. The average Bonchev–Trinajstić information content (AvgIpc) is 3.04. The Morgan fingerprint density at radius 1 is 1.29 bits per heavy atom. The Bertz CT molecular complexity index is 866. The zero-order chi connectivity index (χ0) is 17.3. The number of aryl methyl sites for hydroxylation is 1. The van der Waals surface area contributed by atoms with Gasteiger partial charge in [0, 0.05) is 25.6 Å². The molecule has 3 rings (SSSR count). The molecule has 0 radical (unpaired) electrons. The van der Waals surface area contributed by atoms with Crippen molar-refractivity contribution in [2.45, 2.75) is 45.7 Å². The number of likely N-dealkylation sites (tertiary alicyclic amines) is 1. The Hall–Kier alpha value is -2.37. The van der Waals surface area contributed by atoms with Gasteiger partial charge in [-0.2, -0.15) is 0 Å². The van der Waals surface area contributed by atoms with Crippen LogP contribution in [0.1, 0.15) is 33.1 Å². The first-order chi connectivity index (χ1) is 11.5. The standard InChI is InChI=1S/C18H23N3O3/c1-12(2)14-8-5-10-20(14)16(22)9-11-21-15-7-4-3-6-13(15)17(23)19-18(21)24/h3-4,6-7,12,14H,5,8-11H2,1-2H3,(H,19,23,24)/t14-/m1/s1. The summed E-state index contributed by atoms with van der Waals surface area (Å²) < 4.78 is 1.48. The molecule has 2 aromatic rings. The van der Waals surface area contributed by atoms with Crippen LogP contribution < -0.4 is 11.2 Å². The minimum Gasteiger partial charge on any atom is -0.339 e. The number of benzene rings is 1. The first kappa shape index (κ1) is 16.5. The minimum atomic E-state index is -0.465. The highest BCUT2D eigenvalue weighted by Crippen LogP contribution is 2.24. The molecule has 128 valence electrons. The van der Waals surface area contributed by atoms with E-state index in [0.29, 0.717) is 22.9 Å². The van der Waals surface area contributed by atoms with Crippen molar-refractivity contribution < 1.29 is 4.79 Å². The number of aromatic amines is 1. The van der Waals surface area contributed by atoms with Gasteiger partial charge in [0.15, 0.2) is 0 Å². The molecule has 6 nitrogen and oxygen atoms in total. The molecule has 1 fully saturated rings. The summed E-state index contributed by atoms with van der Waals surface area (Å²) in [5, 5.41) is 0.464. The zero-order valence-electron chi connectivity index (χ0n) is 14.1. The fourth-order valence-corrected chi connectivity index (χ4v) is 3.61.